The number of hydrogen-bond acceptors (Lipinski definition) is 4. The maximum Gasteiger partial charge on any atom is 0.263 e. The van der Waals surface area contributed by atoms with Crippen molar-refractivity contribution in [2.24, 2.45) is 5.73 Å². The topological polar surface area (TPSA) is 64.8 Å². The van der Waals surface area contributed by atoms with Gasteiger partial charge in [-0.2, -0.15) is 0 Å². The molecule has 1 saturated heterocycles. The molecular weight excluding hydrogens is 244 g/mol. The summed E-state index contributed by atoms with van der Waals surface area (Å²) in [7, 11) is 0. The van der Waals surface area contributed by atoms with Crippen LogP contribution in [0.5, 0.6) is 5.75 Å². The molecule has 1 unspecified atom stereocenters. The highest BCUT2D eigenvalue weighted by molar-refractivity contribution is 5.81. The van der Waals surface area contributed by atoms with Crippen molar-refractivity contribution in [2.75, 3.05) is 26.3 Å². The van der Waals surface area contributed by atoms with Crippen LogP contribution in [-0.4, -0.2) is 43.2 Å². The van der Waals surface area contributed by atoms with Gasteiger partial charge in [0, 0.05) is 19.6 Å². The van der Waals surface area contributed by atoms with Crippen LogP contribution >= 0.6 is 0 Å². The highest BCUT2D eigenvalue weighted by atomic mass is 16.5. The molecule has 19 heavy (non-hydrogen) atoms. The molecule has 5 nitrogen and oxygen atoms in total. The maximum absolute atomic E-state index is 12.2. The molecule has 5 heteroatoms. The summed E-state index contributed by atoms with van der Waals surface area (Å²) in [6.07, 6.45) is -0.494. The van der Waals surface area contributed by atoms with Gasteiger partial charge in [-0.05, 0) is 24.6 Å². The van der Waals surface area contributed by atoms with Gasteiger partial charge in [0.25, 0.3) is 5.91 Å². The Hall–Kier alpha value is -1.59. The van der Waals surface area contributed by atoms with Crippen molar-refractivity contribution in [3.8, 4) is 5.75 Å². The second-order valence-corrected chi connectivity index (χ2v) is 4.55. The van der Waals surface area contributed by atoms with Crippen molar-refractivity contribution in [1.29, 1.82) is 0 Å². The normalized spacial score (nSPS) is 17.1. The summed E-state index contributed by atoms with van der Waals surface area (Å²) in [5.41, 5.74) is 6.57. The summed E-state index contributed by atoms with van der Waals surface area (Å²) in [6.45, 7) is 4.70. The van der Waals surface area contributed by atoms with E-state index < -0.39 is 6.10 Å². The summed E-state index contributed by atoms with van der Waals surface area (Å²) in [6, 6.07) is 7.51. The van der Waals surface area contributed by atoms with Crippen molar-refractivity contribution in [2.45, 2.75) is 19.6 Å². The Labute approximate surface area is 113 Å². The van der Waals surface area contributed by atoms with Crippen LogP contribution in [-0.2, 0) is 16.1 Å². The number of hydrogen-bond donors (Lipinski definition) is 1. The summed E-state index contributed by atoms with van der Waals surface area (Å²) >= 11 is 0. The minimum absolute atomic E-state index is 0.00134. The first-order valence-electron chi connectivity index (χ1n) is 6.53. The fourth-order valence-corrected chi connectivity index (χ4v) is 2.04. The summed E-state index contributed by atoms with van der Waals surface area (Å²) < 4.78 is 10.9. The van der Waals surface area contributed by atoms with E-state index in [9.17, 15) is 4.79 Å². The monoisotopic (exact) mass is 264 g/mol. The summed E-state index contributed by atoms with van der Waals surface area (Å²) in [4.78, 5) is 14.0. The Kier molecular flexibility index (Phi) is 4.76. The molecule has 1 fully saturated rings. The molecule has 0 saturated carbocycles. The van der Waals surface area contributed by atoms with E-state index in [2.05, 4.69) is 0 Å². The lowest BCUT2D eigenvalue weighted by atomic mass is 10.2. The first-order valence-corrected chi connectivity index (χ1v) is 6.53. The first kappa shape index (κ1) is 13.8. The van der Waals surface area contributed by atoms with Crippen LogP contribution in [0.4, 0.5) is 0 Å². The van der Waals surface area contributed by atoms with Crippen molar-refractivity contribution < 1.29 is 14.3 Å². The van der Waals surface area contributed by atoms with Crippen LogP contribution in [0.15, 0.2) is 24.3 Å². The van der Waals surface area contributed by atoms with Crippen LogP contribution in [0, 0.1) is 0 Å². The quantitative estimate of drug-likeness (QED) is 0.872. The number of nitrogens with zero attached hydrogens (tertiary/aromatic N) is 1. The molecule has 0 aromatic heterocycles. The average Bonchev–Trinajstić information content (AvgIpc) is 2.47. The molecule has 1 aromatic rings. The molecule has 1 aromatic carbocycles. The van der Waals surface area contributed by atoms with Crippen LogP contribution in [0.25, 0.3) is 0 Å². The zero-order valence-corrected chi connectivity index (χ0v) is 11.2. The lowest BCUT2D eigenvalue weighted by Crippen LogP contribution is -2.46. The molecular formula is C14H20N2O3. The maximum atomic E-state index is 12.2. The molecule has 0 aliphatic carbocycles. The molecule has 1 aliphatic rings. The van der Waals surface area contributed by atoms with E-state index in [1.54, 1.807) is 11.8 Å². The van der Waals surface area contributed by atoms with Gasteiger partial charge in [0.1, 0.15) is 5.75 Å². The molecule has 1 amide bonds. The largest absolute Gasteiger partial charge is 0.481 e. The van der Waals surface area contributed by atoms with Crippen molar-refractivity contribution in [3.63, 3.8) is 0 Å². The molecule has 1 aliphatic heterocycles. The number of carbonyl (C=O) groups excluding carboxylic acids is 1. The van der Waals surface area contributed by atoms with Crippen LogP contribution < -0.4 is 10.5 Å². The minimum Gasteiger partial charge on any atom is -0.481 e. The van der Waals surface area contributed by atoms with Gasteiger partial charge in [0.2, 0.25) is 0 Å². The standard InChI is InChI=1S/C14H20N2O3/c1-11(14(17)16-5-7-18-8-6-16)19-13-4-2-3-12(9-13)10-15/h2-4,9,11H,5-8,10,15H2,1H3. The SMILES string of the molecule is CC(Oc1cccc(CN)c1)C(=O)N1CCOCC1. The third-order valence-electron chi connectivity index (χ3n) is 3.12. The number of morpholine rings is 1. The van der Waals surface area contributed by atoms with Gasteiger partial charge in [0.05, 0.1) is 13.2 Å². The fourth-order valence-electron chi connectivity index (χ4n) is 2.04. The zero-order valence-electron chi connectivity index (χ0n) is 11.2. The first-order chi connectivity index (χ1) is 9.20. The minimum atomic E-state index is -0.494. The number of carbonyl (C=O) groups is 1. The van der Waals surface area contributed by atoms with E-state index >= 15 is 0 Å². The second-order valence-electron chi connectivity index (χ2n) is 4.55. The van der Waals surface area contributed by atoms with Gasteiger partial charge in [-0.15, -0.1) is 0 Å². The summed E-state index contributed by atoms with van der Waals surface area (Å²) in [5, 5.41) is 0. The van der Waals surface area contributed by atoms with E-state index in [0.717, 1.165) is 5.56 Å². The van der Waals surface area contributed by atoms with Crippen molar-refractivity contribution in [3.05, 3.63) is 29.8 Å². The van der Waals surface area contributed by atoms with E-state index in [0.29, 0.717) is 38.6 Å². The van der Waals surface area contributed by atoms with Crippen LogP contribution in [0.2, 0.25) is 0 Å². The number of rotatable bonds is 4. The molecule has 1 atom stereocenters. The predicted octanol–water partition coefficient (Wildman–Crippen LogP) is 0.771. The molecule has 1 heterocycles. The Morgan fingerprint density at radius 2 is 2.21 bits per heavy atom. The number of ether oxygens (including phenoxy) is 2. The Morgan fingerprint density at radius 3 is 2.89 bits per heavy atom. The fraction of sp³-hybridized carbons (Fsp3) is 0.500. The lowest BCUT2D eigenvalue weighted by Gasteiger charge is -2.29. The van der Waals surface area contributed by atoms with Crippen molar-refractivity contribution >= 4 is 5.91 Å². The smallest absolute Gasteiger partial charge is 0.263 e. The second kappa shape index (κ2) is 6.54. The molecule has 0 spiro atoms. The van der Waals surface area contributed by atoms with Crippen molar-refractivity contribution in [1.82, 2.24) is 4.90 Å². The van der Waals surface area contributed by atoms with E-state index in [1.165, 1.54) is 0 Å². The Balaban J connectivity index is 1.95. The molecule has 2 rings (SSSR count). The van der Waals surface area contributed by atoms with E-state index in [4.69, 9.17) is 15.2 Å². The third-order valence-corrected chi connectivity index (χ3v) is 3.12. The number of benzene rings is 1. The van der Waals surface area contributed by atoms with Crippen LogP contribution in [0.1, 0.15) is 12.5 Å². The highest BCUT2D eigenvalue weighted by Gasteiger charge is 2.23. The molecule has 0 radical (unpaired) electrons. The van der Waals surface area contributed by atoms with Gasteiger partial charge < -0.3 is 20.1 Å². The Morgan fingerprint density at radius 1 is 1.47 bits per heavy atom. The van der Waals surface area contributed by atoms with Gasteiger partial charge in [-0.25, -0.2) is 0 Å². The van der Waals surface area contributed by atoms with Gasteiger partial charge in [-0.3, -0.25) is 4.79 Å². The molecule has 0 bridgehead atoms. The summed E-state index contributed by atoms with van der Waals surface area (Å²) in [5.74, 6) is 0.679. The van der Waals surface area contributed by atoms with E-state index in [1.807, 2.05) is 24.3 Å². The molecule has 2 N–H and O–H groups in total. The lowest BCUT2D eigenvalue weighted by molar-refractivity contribution is -0.142. The van der Waals surface area contributed by atoms with Gasteiger partial charge >= 0.3 is 0 Å². The third kappa shape index (κ3) is 3.68. The van der Waals surface area contributed by atoms with Gasteiger partial charge in [-0.1, -0.05) is 12.1 Å². The van der Waals surface area contributed by atoms with Crippen LogP contribution in [0.3, 0.4) is 0 Å². The molecule has 104 valence electrons. The van der Waals surface area contributed by atoms with Gasteiger partial charge in [0.15, 0.2) is 6.10 Å². The highest BCUT2D eigenvalue weighted by Crippen LogP contribution is 2.15. The number of amides is 1. The average molecular weight is 264 g/mol. The van der Waals surface area contributed by atoms with E-state index in [-0.39, 0.29) is 5.91 Å². The zero-order chi connectivity index (χ0) is 13.7. The Bertz CT molecular complexity index is 430. The predicted molar refractivity (Wildman–Crippen MR) is 71.8 cm³/mol. The number of nitrogens with two attached hydrogens (primary N) is 1.